The maximum Gasteiger partial charge on any atom is 0.229 e. The summed E-state index contributed by atoms with van der Waals surface area (Å²) in [4.78, 5) is 24.7. The standard InChI is InChI=1S/C29H30N6O/c1-2-3-9-25-18-33(20-28-32-27(19-35(25)28)24-7-5-4-6-8-24)29(36)14-26-16-31-21-34(26)17-23-12-10-22(15-30)11-13-23/h4-8,10-13,16,19,21,25H,2-3,9,14,17-18,20H2,1H3. The summed E-state index contributed by atoms with van der Waals surface area (Å²) in [6.07, 6.45) is 9.24. The summed E-state index contributed by atoms with van der Waals surface area (Å²) in [6.45, 7) is 4.02. The normalized spacial score (nSPS) is 14.9. The molecule has 4 aromatic rings. The van der Waals surface area contributed by atoms with Gasteiger partial charge >= 0.3 is 0 Å². The minimum Gasteiger partial charge on any atom is -0.333 e. The Hall–Kier alpha value is -4.18. The fourth-order valence-corrected chi connectivity index (χ4v) is 4.84. The number of rotatable bonds is 8. The minimum atomic E-state index is 0.0913. The van der Waals surface area contributed by atoms with Crippen molar-refractivity contribution in [3.8, 4) is 17.3 Å². The van der Waals surface area contributed by atoms with E-state index in [4.69, 9.17) is 10.2 Å². The molecular weight excluding hydrogens is 448 g/mol. The van der Waals surface area contributed by atoms with Gasteiger partial charge in [0.1, 0.15) is 5.82 Å². The van der Waals surface area contributed by atoms with E-state index in [1.165, 1.54) is 0 Å². The summed E-state index contributed by atoms with van der Waals surface area (Å²) >= 11 is 0. The molecule has 0 radical (unpaired) electrons. The Morgan fingerprint density at radius 1 is 1.14 bits per heavy atom. The predicted molar refractivity (Wildman–Crippen MR) is 138 cm³/mol. The summed E-state index contributed by atoms with van der Waals surface area (Å²) in [7, 11) is 0. The van der Waals surface area contributed by atoms with Gasteiger partial charge in [-0.15, -0.1) is 0 Å². The summed E-state index contributed by atoms with van der Waals surface area (Å²) in [5.41, 5.74) is 4.64. The Bertz CT molecular complexity index is 1360. The zero-order valence-corrected chi connectivity index (χ0v) is 20.5. The van der Waals surface area contributed by atoms with Gasteiger partial charge in [0.05, 0.1) is 42.7 Å². The Morgan fingerprint density at radius 2 is 1.94 bits per heavy atom. The average molecular weight is 479 g/mol. The van der Waals surface area contributed by atoms with Crippen LogP contribution in [-0.4, -0.2) is 36.5 Å². The van der Waals surface area contributed by atoms with Crippen LogP contribution in [0.15, 0.2) is 73.3 Å². The molecule has 1 aliphatic heterocycles. The molecule has 36 heavy (non-hydrogen) atoms. The van der Waals surface area contributed by atoms with Gasteiger partial charge in [-0.3, -0.25) is 4.79 Å². The number of amides is 1. The lowest BCUT2D eigenvalue weighted by molar-refractivity contribution is -0.132. The molecule has 0 bridgehead atoms. The smallest absolute Gasteiger partial charge is 0.229 e. The highest BCUT2D eigenvalue weighted by Crippen LogP contribution is 2.29. The van der Waals surface area contributed by atoms with E-state index in [2.05, 4.69) is 40.9 Å². The lowest BCUT2D eigenvalue weighted by Gasteiger charge is -2.34. The van der Waals surface area contributed by atoms with E-state index in [1.54, 1.807) is 12.5 Å². The third kappa shape index (κ3) is 5.08. The number of carbonyl (C=O) groups excluding carboxylic acids is 1. The van der Waals surface area contributed by atoms with Gasteiger partial charge in [0, 0.05) is 36.7 Å². The van der Waals surface area contributed by atoms with Crippen LogP contribution in [-0.2, 0) is 24.3 Å². The zero-order valence-electron chi connectivity index (χ0n) is 20.5. The van der Waals surface area contributed by atoms with E-state index in [-0.39, 0.29) is 11.9 Å². The molecule has 1 aliphatic rings. The highest BCUT2D eigenvalue weighted by Gasteiger charge is 2.29. The van der Waals surface area contributed by atoms with Crippen LogP contribution in [0.25, 0.3) is 11.3 Å². The second kappa shape index (κ2) is 10.6. The van der Waals surface area contributed by atoms with Crippen LogP contribution in [0.2, 0.25) is 0 Å². The number of imidazole rings is 2. The van der Waals surface area contributed by atoms with E-state index >= 15 is 0 Å². The van der Waals surface area contributed by atoms with Crippen molar-refractivity contribution < 1.29 is 4.79 Å². The van der Waals surface area contributed by atoms with E-state index in [1.807, 2.05) is 51.9 Å². The minimum absolute atomic E-state index is 0.0913. The number of hydrogen-bond donors (Lipinski definition) is 0. The van der Waals surface area contributed by atoms with Gasteiger partial charge in [-0.05, 0) is 24.1 Å². The average Bonchev–Trinajstić information content (AvgIpc) is 3.55. The van der Waals surface area contributed by atoms with Crippen LogP contribution in [0, 0.1) is 11.3 Å². The summed E-state index contributed by atoms with van der Waals surface area (Å²) < 4.78 is 4.29. The molecule has 1 unspecified atom stereocenters. The van der Waals surface area contributed by atoms with Crippen molar-refractivity contribution in [2.75, 3.05) is 6.54 Å². The monoisotopic (exact) mass is 478 g/mol. The predicted octanol–water partition coefficient (Wildman–Crippen LogP) is 4.98. The first kappa shape index (κ1) is 23.6. The molecule has 0 spiro atoms. The van der Waals surface area contributed by atoms with Gasteiger partial charge in [0.15, 0.2) is 0 Å². The first-order chi connectivity index (χ1) is 17.6. The molecule has 0 aliphatic carbocycles. The van der Waals surface area contributed by atoms with Crippen LogP contribution in [0.3, 0.4) is 0 Å². The molecule has 3 heterocycles. The number of aromatic nitrogens is 4. The topological polar surface area (TPSA) is 79.7 Å². The summed E-state index contributed by atoms with van der Waals surface area (Å²) in [5, 5.41) is 9.03. The second-order valence-corrected chi connectivity index (χ2v) is 9.38. The molecule has 5 rings (SSSR count). The van der Waals surface area contributed by atoms with E-state index in [9.17, 15) is 4.79 Å². The third-order valence-corrected chi connectivity index (χ3v) is 6.85. The Balaban J connectivity index is 1.33. The fraction of sp³-hybridized carbons (Fsp3) is 0.310. The van der Waals surface area contributed by atoms with E-state index in [0.717, 1.165) is 47.6 Å². The molecule has 0 N–H and O–H groups in total. The van der Waals surface area contributed by atoms with Crippen molar-refractivity contribution in [3.63, 3.8) is 0 Å². The zero-order chi connectivity index (χ0) is 24.9. The van der Waals surface area contributed by atoms with Crippen molar-refractivity contribution in [1.82, 2.24) is 24.0 Å². The van der Waals surface area contributed by atoms with Gasteiger partial charge < -0.3 is 14.0 Å². The number of nitriles is 1. The van der Waals surface area contributed by atoms with E-state index < -0.39 is 0 Å². The van der Waals surface area contributed by atoms with Crippen LogP contribution in [0.5, 0.6) is 0 Å². The Kier molecular flexibility index (Phi) is 6.94. The molecule has 0 saturated carbocycles. The van der Waals surface area contributed by atoms with E-state index in [0.29, 0.717) is 31.6 Å². The van der Waals surface area contributed by atoms with Crippen LogP contribution < -0.4 is 0 Å². The number of nitrogens with zero attached hydrogens (tertiary/aromatic N) is 6. The van der Waals surface area contributed by atoms with Crippen molar-refractivity contribution in [2.24, 2.45) is 0 Å². The van der Waals surface area contributed by atoms with Gasteiger partial charge in [-0.2, -0.15) is 5.26 Å². The van der Waals surface area contributed by atoms with Crippen LogP contribution in [0.1, 0.15) is 54.9 Å². The molecule has 2 aromatic carbocycles. The van der Waals surface area contributed by atoms with Crippen molar-refractivity contribution in [1.29, 1.82) is 5.26 Å². The first-order valence-electron chi connectivity index (χ1n) is 12.5. The molecule has 1 amide bonds. The fourth-order valence-electron chi connectivity index (χ4n) is 4.84. The number of benzene rings is 2. The summed E-state index contributed by atoms with van der Waals surface area (Å²) in [6, 6.07) is 20.1. The Labute approximate surface area is 211 Å². The highest BCUT2D eigenvalue weighted by atomic mass is 16.2. The van der Waals surface area contributed by atoms with Crippen LogP contribution >= 0.6 is 0 Å². The summed E-state index contributed by atoms with van der Waals surface area (Å²) in [5.74, 6) is 1.04. The molecule has 7 nitrogen and oxygen atoms in total. The van der Waals surface area contributed by atoms with Gasteiger partial charge in [-0.25, -0.2) is 9.97 Å². The molecule has 0 saturated heterocycles. The molecule has 2 aromatic heterocycles. The number of unbranched alkanes of at least 4 members (excludes halogenated alkanes) is 1. The maximum absolute atomic E-state index is 13.5. The molecule has 7 heteroatoms. The third-order valence-electron chi connectivity index (χ3n) is 6.85. The maximum atomic E-state index is 13.5. The number of hydrogen-bond acceptors (Lipinski definition) is 4. The van der Waals surface area contributed by atoms with Gasteiger partial charge in [0.25, 0.3) is 0 Å². The highest BCUT2D eigenvalue weighted by molar-refractivity contribution is 5.78. The lowest BCUT2D eigenvalue weighted by Crippen LogP contribution is -2.42. The Morgan fingerprint density at radius 3 is 2.69 bits per heavy atom. The van der Waals surface area contributed by atoms with Crippen molar-refractivity contribution in [3.05, 3.63) is 96.0 Å². The second-order valence-electron chi connectivity index (χ2n) is 9.38. The molecule has 182 valence electrons. The number of carbonyl (C=O) groups is 1. The number of fused-ring (bicyclic) bond motifs is 1. The quantitative estimate of drug-likeness (QED) is 0.358. The van der Waals surface area contributed by atoms with Gasteiger partial charge in [0.2, 0.25) is 5.91 Å². The van der Waals surface area contributed by atoms with Crippen molar-refractivity contribution in [2.45, 2.75) is 51.7 Å². The first-order valence-corrected chi connectivity index (χ1v) is 12.5. The largest absolute Gasteiger partial charge is 0.333 e. The molecule has 1 atom stereocenters. The van der Waals surface area contributed by atoms with Gasteiger partial charge in [-0.1, -0.05) is 62.2 Å². The van der Waals surface area contributed by atoms with Crippen LogP contribution in [0.4, 0.5) is 0 Å². The SMILES string of the molecule is CCCCC1CN(C(=O)Cc2cncn2Cc2ccc(C#N)cc2)Cc2nc(-c3ccccc3)cn21. The lowest BCUT2D eigenvalue weighted by atomic mass is 10.1. The van der Waals surface area contributed by atoms with Crippen molar-refractivity contribution >= 4 is 5.91 Å². The molecule has 0 fully saturated rings. The molecular formula is C29H30N6O.